The van der Waals surface area contributed by atoms with Crippen LogP contribution in [0.2, 0.25) is 0 Å². The van der Waals surface area contributed by atoms with E-state index in [9.17, 15) is 9.59 Å². The number of nitrogens with zero attached hydrogens (tertiary/aromatic N) is 2. The average molecular weight is 254 g/mol. The van der Waals surface area contributed by atoms with Crippen molar-refractivity contribution in [3.8, 4) is 0 Å². The van der Waals surface area contributed by atoms with Crippen LogP contribution in [-0.2, 0) is 16.0 Å². The molecule has 0 saturated carbocycles. The van der Waals surface area contributed by atoms with Crippen molar-refractivity contribution in [3.05, 3.63) is 17.2 Å². The predicted molar refractivity (Wildman–Crippen MR) is 65.7 cm³/mol. The van der Waals surface area contributed by atoms with Crippen LogP contribution in [0.3, 0.4) is 0 Å². The van der Waals surface area contributed by atoms with Gasteiger partial charge in [-0.2, -0.15) is 0 Å². The van der Waals surface area contributed by atoms with E-state index in [1.807, 2.05) is 6.92 Å². The van der Waals surface area contributed by atoms with Crippen molar-refractivity contribution in [2.75, 3.05) is 12.4 Å². The van der Waals surface area contributed by atoms with Gasteiger partial charge in [0.25, 0.3) is 0 Å². The molecule has 0 unspecified atom stereocenters. The molecule has 0 fully saturated rings. The smallest absolute Gasteiger partial charge is 0.250 e. The number of carbonyl (C=O) groups excluding carboxylic acids is 2. The Bertz CT molecular complexity index is 428. The first-order valence-corrected chi connectivity index (χ1v) is 6.00. The molecule has 1 aromatic heterocycles. The number of hydrogen-bond donors (Lipinski definition) is 2. The molecular weight excluding hydrogens is 240 g/mol. The summed E-state index contributed by atoms with van der Waals surface area (Å²) in [5, 5.41) is 14.0. The van der Waals surface area contributed by atoms with E-state index < -0.39 is 5.91 Å². The first-order valence-electron chi connectivity index (χ1n) is 5.19. The normalized spacial score (nSPS) is 10.5. The summed E-state index contributed by atoms with van der Waals surface area (Å²) < 4.78 is 0. The van der Waals surface area contributed by atoms with Crippen LogP contribution < -0.4 is 10.6 Å². The molecule has 0 bridgehead atoms. The van der Waals surface area contributed by atoms with Crippen LogP contribution in [0.4, 0.5) is 5.13 Å². The second-order valence-corrected chi connectivity index (χ2v) is 4.25. The highest BCUT2D eigenvalue weighted by atomic mass is 32.1. The molecule has 2 amide bonds. The minimum absolute atomic E-state index is 0.330. The summed E-state index contributed by atoms with van der Waals surface area (Å²) in [4.78, 5) is 22.2. The number of anilines is 1. The van der Waals surface area contributed by atoms with Gasteiger partial charge in [-0.15, -0.1) is 10.2 Å². The molecule has 92 valence electrons. The summed E-state index contributed by atoms with van der Waals surface area (Å²) in [5.41, 5.74) is 0. The van der Waals surface area contributed by atoms with E-state index in [1.54, 1.807) is 0 Å². The van der Waals surface area contributed by atoms with Crippen molar-refractivity contribution in [1.29, 1.82) is 0 Å². The number of aryl methyl sites for hydroxylation is 1. The number of rotatable bonds is 5. The summed E-state index contributed by atoms with van der Waals surface area (Å²) in [7, 11) is 1.49. The Hall–Kier alpha value is -1.76. The molecule has 0 radical (unpaired) electrons. The fraction of sp³-hybridized carbons (Fsp3) is 0.400. The third-order valence-corrected chi connectivity index (χ3v) is 2.69. The molecule has 6 nitrogen and oxygen atoms in total. The molecule has 0 spiro atoms. The molecule has 0 aliphatic rings. The number of nitrogens with one attached hydrogen (secondary N) is 2. The lowest BCUT2D eigenvalue weighted by atomic mass is 10.4. The second kappa shape index (κ2) is 6.74. The third kappa shape index (κ3) is 4.73. The maximum absolute atomic E-state index is 11.4. The summed E-state index contributed by atoms with van der Waals surface area (Å²) in [5.74, 6) is -0.725. The topological polar surface area (TPSA) is 84.0 Å². The van der Waals surface area contributed by atoms with Gasteiger partial charge >= 0.3 is 0 Å². The molecule has 0 aromatic carbocycles. The van der Waals surface area contributed by atoms with Crippen LogP contribution in [0, 0.1) is 0 Å². The van der Waals surface area contributed by atoms with E-state index in [-0.39, 0.29) is 5.91 Å². The van der Waals surface area contributed by atoms with Crippen LogP contribution in [-0.4, -0.2) is 29.1 Å². The monoisotopic (exact) mass is 254 g/mol. The van der Waals surface area contributed by atoms with Crippen LogP contribution in [0.25, 0.3) is 0 Å². The maximum atomic E-state index is 11.4. The molecule has 17 heavy (non-hydrogen) atoms. The Labute approximate surface area is 103 Å². The Morgan fingerprint density at radius 2 is 2.00 bits per heavy atom. The largest absolute Gasteiger partial charge is 0.356 e. The SMILES string of the molecule is CCCc1nnc(NC(=O)/C=C/C(=O)NC)s1. The zero-order valence-electron chi connectivity index (χ0n) is 9.69. The van der Waals surface area contributed by atoms with E-state index in [0.717, 1.165) is 30.0 Å². The Morgan fingerprint density at radius 1 is 1.29 bits per heavy atom. The molecule has 1 rings (SSSR count). The van der Waals surface area contributed by atoms with Crippen molar-refractivity contribution in [3.63, 3.8) is 0 Å². The van der Waals surface area contributed by atoms with Gasteiger partial charge in [0, 0.05) is 25.6 Å². The fourth-order valence-corrected chi connectivity index (χ4v) is 1.85. The van der Waals surface area contributed by atoms with Crippen LogP contribution in [0.15, 0.2) is 12.2 Å². The molecule has 0 atom stereocenters. The van der Waals surface area contributed by atoms with Gasteiger partial charge in [-0.05, 0) is 6.42 Å². The van der Waals surface area contributed by atoms with Crippen molar-refractivity contribution >= 4 is 28.3 Å². The van der Waals surface area contributed by atoms with Crippen molar-refractivity contribution in [2.45, 2.75) is 19.8 Å². The minimum Gasteiger partial charge on any atom is -0.356 e. The first kappa shape index (κ1) is 13.3. The average Bonchev–Trinajstić information content (AvgIpc) is 2.74. The lowest BCUT2D eigenvalue weighted by molar-refractivity contribution is -0.117. The molecule has 0 aliphatic carbocycles. The quantitative estimate of drug-likeness (QED) is 0.759. The number of hydrogen-bond acceptors (Lipinski definition) is 5. The van der Waals surface area contributed by atoms with Gasteiger partial charge in [0.2, 0.25) is 16.9 Å². The summed E-state index contributed by atoms with van der Waals surface area (Å²) in [6, 6.07) is 0. The van der Waals surface area contributed by atoms with Crippen molar-refractivity contribution in [2.24, 2.45) is 0 Å². The van der Waals surface area contributed by atoms with Gasteiger partial charge in [0.1, 0.15) is 5.01 Å². The Balaban J connectivity index is 2.50. The van der Waals surface area contributed by atoms with Crippen LogP contribution in [0.5, 0.6) is 0 Å². The molecule has 0 saturated heterocycles. The van der Waals surface area contributed by atoms with Gasteiger partial charge in [-0.1, -0.05) is 18.3 Å². The van der Waals surface area contributed by atoms with E-state index in [4.69, 9.17) is 0 Å². The lowest BCUT2D eigenvalue weighted by Gasteiger charge is -1.94. The Kier molecular flexibility index (Phi) is 5.28. The molecule has 0 aliphatic heterocycles. The highest BCUT2D eigenvalue weighted by Crippen LogP contribution is 2.16. The molecule has 7 heteroatoms. The molecule has 1 aromatic rings. The van der Waals surface area contributed by atoms with Crippen molar-refractivity contribution in [1.82, 2.24) is 15.5 Å². The number of likely N-dealkylation sites (N-methyl/N-ethyl adjacent to an activating group) is 1. The van der Waals surface area contributed by atoms with Gasteiger partial charge in [0.05, 0.1) is 0 Å². The number of carbonyl (C=O) groups is 2. The predicted octanol–water partition coefficient (Wildman–Crippen LogP) is 0.731. The van der Waals surface area contributed by atoms with Gasteiger partial charge in [0.15, 0.2) is 0 Å². The lowest BCUT2D eigenvalue weighted by Crippen LogP contribution is -2.16. The minimum atomic E-state index is -0.396. The number of aromatic nitrogens is 2. The van der Waals surface area contributed by atoms with Crippen LogP contribution in [0.1, 0.15) is 18.4 Å². The van der Waals surface area contributed by atoms with E-state index in [2.05, 4.69) is 20.8 Å². The highest BCUT2D eigenvalue weighted by Gasteiger charge is 2.05. The number of amides is 2. The molecule has 1 heterocycles. The van der Waals surface area contributed by atoms with Crippen LogP contribution >= 0.6 is 11.3 Å². The van der Waals surface area contributed by atoms with Gasteiger partial charge in [-0.3, -0.25) is 14.9 Å². The summed E-state index contributed by atoms with van der Waals surface area (Å²) in [6.45, 7) is 2.05. The third-order valence-electron chi connectivity index (χ3n) is 1.79. The molecule has 2 N–H and O–H groups in total. The zero-order valence-corrected chi connectivity index (χ0v) is 10.5. The van der Waals surface area contributed by atoms with Gasteiger partial charge in [-0.25, -0.2) is 0 Å². The maximum Gasteiger partial charge on any atom is 0.250 e. The molecular formula is C10H14N4O2S. The highest BCUT2D eigenvalue weighted by molar-refractivity contribution is 7.15. The first-order chi connectivity index (χ1) is 8.15. The van der Waals surface area contributed by atoms with E-state index >= 15 is 0 Å². The zero-order chi connectivity index (χ0) is 12.7. The Morgan fingerprint density at radius 3 is 2.65 bits per heavy atom. The van der Waals surface area contributed by atoms with E-state index in [0.29, 0.717) is 5.13 Å². The van der Waals surface area contributed by atoms with E-state index in [1.165, 1.54) is 18.4 Å². The fourth-order valence-electron chi connectivity index (χ4n) is 1.00. The summed E-state index contributed by atoms with van der Waals surface area (Å²) in [6.07, 6.45) is 4.14. The van der Waals surface area contributed by atoms with Gasteiger partial charge < -0.3 is 5.32 Å². The second-order valence-electron chi connectivity index (χ2n) is 3.19. The van der Waals surface area contributed by atoms with Crippen molar-refractivity contribution < 1.29 is 9.59 Å². The summed E-state index contributed by atoms with van der Waals surface area (Å²) >= 11 is 1.34. The standard InChI is InChI=1S/C10H14N4O2S/c1-3-4-9-13-14-10(17-9)12-8(16)6-5-7(15)11-2/h5-6H,3-4H2,1-2H3,(H,11,15)(H,12,14,16)/b6-5+.